The average Bonchev–Trinajstić information content (AvgIpc) is 2.92. The van der Waals surface area contributed by atoms with Crippen molar-refractivity contribution in [2.24, 2.45) is 7.05 Å². The first-order valence-electron chi connectivity index (χ1n) is 8.13. The van der Waals surface area contributed by atoms with Crippen molar-refractivity contribution >= 4 is 37.7 Å². The van der Waals surface area contributed by atoms with Crippen LogP contribution in [0, 0.1) is 6.92 Å². The Morgan fingerprint density at radius 1 is 1.41 bits per heavy atom. The Hall–Kier alpha value is -1.95. The zero-order valence-corrected chi connectivity index (χ0v) is 17.4. The Morgan fingerprint density at radius 3 is 2.74 bits per heavy atom. The van der Waals surface area contributed by atoms with Crippen LogP contribution in [0.1, 0.15) is 23.7 Å². The number of hydrogen-bond acceptors (Lipinski definition) is 5. The molecule has 146 valence electrons. The van der Waals surface area contributed by atoms with E-state index in [-0.39, 0.29) is 17.9 Å². The van der Waals surface area contributed by atoms with Crippen molar-refractivity contribution in [1.82, 2.24) is 18.8 Å². The minimum Gasteiger partial charge on any atom is -0.506 e. The lowest BCUT2D eigenvalue weighted by molar-refractivity contribution is -0.120. The average molecular weight is 458 g/mol. The third kappa shape index (κ3) is 3.86. The number of halogens is 1. The van der Waals surface area contributed by atoms with E-state index in [0.29, 0.717) is 4.47 Å². The number of carbonyl (C=O) groups is 1. The van der Waals surface area contributed by atoms with Gasteiger partial charge in [-0.2, -0.15) is 22.5 Å². The number of phenols is 1. The quantitative estimate of drug-likeness (QED) is 0.602. The van der Waals surface area contributed by atoms with E-state index >= 15 is 0 Å². The van der Waals surface area contributed by atoms with Crippen LogP contribution in [0.3, 0.4) is 0 Å². The highest BCUT2D eigenvalue weighted by Crippen LogP contribution is 2.31. The third-order valence-corrected chi connectivity index (χ3v) is 6.82. The minimum atomic E-state index is -3.86. The lowest BCUT2D eigenvalue weighted by Gasteiger charge is -2.36. The molecule has 27 heavy (non-hydrogen) atoms. The fraction of sp³-hybridized carbons (Fsp3) is 0.375. The Kier molecular flexibility index (Phi) is 5.30. The first-order chi connectivity index (χ1) is 12.6. The molecule has 1 amide bonds. The van der Waals surface area contributed by atoms with E-state index in [0.717, 1.165) is 15.6 Å². The number of carbonyl (C=O) groups excluding carboxylic acids is 1. The molecule has 2 aromatic rings. The van der Waals surface area contributed by atoms with Crippen LogP contribution in [0.5, 0.6) is 5.75 Å². The number of benzene rings is 1. The predicted octanol–water partition coefficient (Wildman–Crippen LogP) is 1.41. The number of phenolic OH excluding ortho intramolecular Hbond substituents is 1. The van der Waals surface area contributed by atoms with Crippen LogP contribution in [0.25, 0.3) is 0 Å². The van der Waals surface area contributed by atoms with Crippen molar-refractivity contribution in [1.29, 1.82) is 0 Å². The van der Waals surface area contributed by atoms with Gasteiger partial charge in [-0.05, 0) is 31.5 Å². The normalized spacial score (nSPS) is 22.5. The second kappa shape index (κ2) is 7.23. The molecule has 0 spiro atoms. The molecule has 0 radical (unpaired) electrons. The first kappa shape index (κ1) is 19.8. The maximum atomic E-state index is 12.8. The summed E-state index contributed by atoms with van der Waals surface area (Å²) in [4.78, 5) is 12.8. The van der Waals surface area contributed by atoms with Crippen LogP contribution in [0.2, 0.25) is 0 Å². The summed E-state index contributed by atoms with van der Waals surface area (Å²) in [5, 5.41) is 16.7. The number of likely N-dealkylation sites (N-methyl/N-ethyl adjacent to an activating group) is 1. The SMILES string of the molecule is Cc1c([C@H]2C[C@H](C(=O)Nc3cc(Br)ccc3O)N(C)S(=O)(=O)N2)cnn1C. The van der Waals surface area contributed by atoms with Crippen molar-refractivity contribution in [3.05, 3.63) is 40.1 Å². The number of aromatic hydroxyl groups is 1. The molecule has 1 aromatic carbocycles. The van der Waals surface area contributed by atoms with Crippen molar-refractivity contribution < 1.29 is 18.3 Å². The summed E-state index contributed by atoms with van der Waals surface area (Å²) in [5.74, 6) is -0.631. The molecule has 0 bridgehead atoms. The molecule has 0 aliphatic carbocycles. The fourth-order valence-corrected chi connectivity index (χ4v) is 4.62. The van der Waals surface area contributed by atoms with Gasteiger partial charge in [0.05, 0.1) is 17.9 Å². The van der Waals surface area contributed by atoms with Crippen LogP contribution < -0.4 is 10.0 Å². The van der Waals surface area contributed by atoms with E-state index in [2.05, 4.69) is 31.1 Å². The summed E-state index contributed by atoms with van der Waals surface area (Å²) in [6.07, 6.45) is 1.83. The molecule has 1 aromatic heterocycles. The Labute approximate surface area is 165 Å². The minimum absolute atomic E-state index is 0.106. The van der Waals surface area contributed by atoms with Crippen LogP contribution >= 0.6 is 15.9 Å². The number of amides is 1. The van der Waals surface area contributed by atoms with Crippen LogP contribution in [0.15, 0.2) is 28.9 Å². The largest absolute Gasteiger partial charge is 0.506 e. The molecule has 2 atom stereocenters. The Balaban J connectivity index is 1.89. The number of anilines is 1. The van der Waals surface area contributed by atoms with Crippen LogP contribution in [-0.2, 0) is 22.1 Å². The number of rotatable bonds is 3. The molecule has 1 aliphatic rings. The molecule has 3 N–H and O–H groups in total. The summed E-state index contributed by atoms with van der Waals surface area (Å²) in [5.41, 5.74) is 1.74. The van der Waals surface area contributed by atoms with E-state index in [9.17, 15) is 18.3 Å². The standard InChI is InChI=1S/C16H20BrN5O4S/c1-9-11(8-18-21(9)2)12-7-14(22(3)27(25,26)20-12)16(24)19-13-6-10(17)4-5-15(13)23/h4-6,8,12,14,20,23H,7H2,1-3H3,(H,19,24)/t12-,14-/m1/s1. The molecule has 0 saturated carbocycles. The molecule has 3 rings (SSSR count). The van der Waals surface area contributed by atoms with Gasteiger partial charge in [0.1, 0.15) is 11.8 Å². The second-order valence-corrected chi connectivity index (χ2v) is 9.08. The van der Waals surface area contributed by atoms with Gasteiger partial charge in [-0.15, -0.1) is 0 Å². The van der Waals surface area contributed by atoms with Crippen molar-refractivity contribution in [3.8, 4) is 5.75 Å². The number of aryl methyl sites for hydroxylation is 1. The molecule has 2 heterocycles. The van der Waals surface area contributed by atoms with E-state index in [1.165, 1.54) is 13.1 Å². The van der Waals surface area contributed by atoms with Gasteiger partial charge < -0.3 is 10.4 Å². The second-order valence-electron chi connectivity index (χ2n) is 6.40. The zero-order valence-electron chi connectivity index (χ0n) is 15.0. The monoisotopic (exact) mass is 457 g/mol. The van der Waals surface area contributed by atoms with Gasteiger partial charge in [-0.1, -0.05) is 15.9 Å². The third-order valence-electron chi connectivity index (χ3n) is 4.74. The molecule has 11 heteroatoms. The highest BCUT2D eigenvalue weighted by atomic mass is 79.9. The first-order valence-corrected chi connectivity index (χ1v) is 10.4. The summed E-state index contributed by atoms with van der Waals surface area (Å²) in [6.45, 7) is 1.84. The summed E-state index contributed by atoms with van der Waals surface area (Å²) in [7, 11) is -0.744. The van der Waals surface area contributed by atoms with Crippen molar-refractivity contribution in [3.63, 3.8) is 0 Å². The van der Waals surface area contributed by atoms with Gasteiger partial charge in [0.15, 0.2) is 0 Å². The van der Waals surface area contributed by atoms with E-state index in [4.69, 9.17) is 0 Å². The summed E-state index contributed by atoms with van der Waals surface area (Å²) < 4.78 is 31.0. The van der Waals surface area contributed by atoms with Gasteiger partial charge in [0.25, 0.3) is 10.2 Å². The predicted molar refractivity (Wildman–Crippen MR) is 103 cm³/mol. The van der Waals surface area contributed by atoms with Gasteiger partial charge in [-0.25, -0.2) is 0 Å². The Bertz CT molecular complexity index is 991. The Morgan fingerprint density at radius 2 is 2.11 bits per heavy atom. The zero-order chi connectivity index (χ0) is 19.9. The van der Waals surface area contributed by atoms with Gasteiger partial charge in [0.2, 0.25) is 5.91 Å². The fourth-order valence-electron chi connectivity index (χ4n) is 3.00. The van der Waals surface area contributed by atoms with E-state index in [1.807, 2.05) is 6.92 Å². The summed E-state index contributed by atoms with van der Waals surface area (Å²) >= 11 is 3.27. The molecule has 1 fully saturated rings. The maximum Gasteiger partial charge on any atom is 0.280 e. The van der Waals surface area contributed by atoms with Crippen LogP contribution in [-0.4, -0.2) is 46.6 Å². The molecular weight excluding hydrogens is 438 g/mol. The lowest BCUT2D eigenvalue weighted by atomic mass is 10.00. The molecule has 1 saturated heterocycles. The van der Waals surface area contributed by atoms with Gasteiger partial charge in [-0.3, -0.25) is 9.48 Å². The van der Waals surface area contributed by atoms with E-state index < -0.39 is 28.2 Å². The lowest BCUT2D eigenvalue weighted by Crippen LogP contribution is -2.56. The molecule has 1 aliphatic heterocycles. The van der Waals surface area contributed by atoms with Crippen LogP contribution in [0.4, 0.5) is 5.69 Å². The smallest absolute Gasteiger partial charge is 0.280 e. The maximum absolute atomic E-state index is 12.8. The number of hydrogen-bond donors (Lipinski definition) is 3. The van der Waals surface area contributed by atoms with Crippen molar-refractivity contribution in [2.45, 2.75) is 25.4 Å². The summed E-state index contributed by atoms with van der Waals surface area (Å²) in [6, 6.07) is 3.09. The highest BCUT2D eigenvalue weighted by molar-refractivity contribution is 9.10. The molecular formula is C16H20BrN5O4S. The molecule has 0 unspecified atom stereocenters. The number of aromatic nitrogens is 2. The van der Waals surface area contributed by atoms with Gasteiger partial charge >= 0.3 is 0 Å². The topological polar surface area (TPSA) is 117 Å². The highest BCUT2D eigenvalue weighted by Gasteiger charge is 2.41. The number of nitrogens with one attached hydrogen (secondary N) is 2. The molecule has 9 nitrogen and oxygen atoms in total. The van der Waals surface area contributed by atoms with Crippen molar-refractivity contribution in [2.75, 3.05) is 12.4 Å². The number of nitrogens with zero attached hydrogens (tertiary/aromatic N) is 3. The van der Waals surface area contributed by atoms with Gasteiger partial charge in [0, 0.05) is 29.8 Å². The van der Waals surface area contributed by atoms with E-state index in [1.54, 1.807) is 30.1 Å².